The van der Waals surface area contributed by atoms with E-state index in [1.54, 1.807) is 39.0 Å². The topological polar surface area (TPSA) is 108 Å². The summed E-state index contributed by atoms with van der Waals surface area (Å²) in [6.07, 6.45) is 0.666. The maximum atomic E-state index is 12.2. The minimum Gasteiger partial charge on any atom is -0.454 e. The Labute approximate surface area is 151 Å². The first kappa shape index (κ1) is 18.5. The highest BCUT2D eigenvalue weighted by Gasteiger charge is 2.72. The molecule has 26 heavy (non-hydrogen) atoms. The first-order valence-corrected chi connectivity index (χ1v) is 9.99. The summed E-state index contributed by atoms with van der Waals surface area (Å²) in [6.45, 7) is 5.11. The van der Waals surface area contributed by atoms with E-state index in [2.05, 4.69) is 5.32 Å². The van der Waals surface area contributed by atoms with Crippen molar-refractivity contribution in [3.63, 3.8) is 0 Å². The minimum absolute atomic E-state index is 0.0773. The molecule has 142 valence electrons. The van der Waals surface area contributed by atoms with Crippen molar-refractivity contribution in [3.8, 4) is 11.5 Å². The van der Waals surface area contributed by atoms with Gasteiger partial charge in [0.1, 0.15) is 22.7 Å². The van der Waals surface area contributed by atoms with Crippen molar-refractivity contribution >= 4 is 22.2 Å². The molecule has 1 aliphatic carbocycles. The summed E-state index contributed by atoms with van der Waals surface area (Å²) >= 11 is 0. The van der Waals surface area contributed by atoms with Gasteiger partial charge in [0.15, 0.2) is 21.3 Å². The quantitative estimate of drug-likeness (QED) is 0.783. The maximum Gasteiger partial charge on any atom is 0.408 e. The molecule has 1 aliphatic heterocycles. The van der Waals surface area contributed by atoms with E-state index in [1.165, 1.54) is 0 Å². The number of alkyl carbamates (subject to hydrolysis) is 1. The van der Waals surface area contributed by atoms with E-state index < -0.39 is 38.2 Å². The van der Waals surface area contributed by atoms with E-state index in [1.807, 2.05) is 0 Å². The van der Waals surface area contributed by atoms with Gasteiger partial charge in [-0.3, -0.25) is 0 Å². The lowest BCUT2D eigenvalue weighted by molar-refractivity contribution is -0.110. The Morgan fingerprint density at radius 1 is 1.31 bits per heavy atom. The van der Waals surface area contributed by atoms with E-state index in [-0.39, 0.29) is 6.79 Å². The number of hydrogen-bond donors (Lipinski definition) is 1. The van der Waals surface area contributed by atoms with Crippen LogP contribution in [0.4, 0.5) is 4.79 Å². The molecule has 1 N–H and O–H groups in total. The molecule has 1 aromatic rings. The normalized spacial score (nSPS) is 26.9. The van der Waals surface area contributed by atoms with Crippen LogP contribution < -0.4 is 14.8 Å². The van der Waals surface area contributed by atoms with Crippen LogP contribution in [-0.2, 0) is 19.4 Å². The average Bonchev–Trinajstić information content (AvgIpc) is 2.93. The molecule has 8 nitrogen and oxygen atoms in total. The van der Waals surface area contributed by atoms with E-state index in [0.717, 1.165) is 6.26 Å². The number of benzene rings is 1. The molecule has 9 heteroatoms. The van der Waals surface area contributed by atoms with Crippen LogP contribution in [0, 0.1) is 0 Å². The Kier molecular flexibility index (Phi) is 4.18. The summed E-state index contributed by atoms with van der Waals surface area (Å²) in [6, 6.07) is 4.95. The number of sulfone groups is 1. The maximum absolute atomic E-state index is 12.2. The molecule has 3 rings (SSSR count). The Hall–Kier alpha value is -2.29. The third kappa shape index (κ3) is 3.23. The summed E-state index contributed by atoms with van der Waals surface area (Å²) in [5.74, 6) is 0.276. The first-order chi connectivity index (χ1) is 12.0. The molecule has 0 aromatic heterocycles. The fraction of sp³-hybridized carbons (Fsp3) is 0.529. The van der Waals surface area contributed by atoms with E-state index in [9.17, 15) is 18.0 Å². The second kappa shape index (κ2) is 5.87. The Morgan fingerprint density at radius 3 is 2.54 bits per heavy atom. The number of hydrogen-bond acceptors (Lipinski definition) is 7. The molecular formula is C17H21NO7S. The van der Waals surface area contributed by atoms with Crippen molar-refractivity contribution in [1.82, 2.24) is 5.32 Å². The molecular weight excluding hydrogens is 362 g/mol. The molecule has 0 spiro atoms. The molecule has 3 atom stereocenters. The van der Waals surface area contributed by atoms with Gasteiger partial charge in [-0.25, -0.2) is 13.2 Å². The highest BCUT2D eigenvalue weighted by molar-refractivity contribution is 7.91. The molecule has 2 aliphatic rings. The number of ether oxygens (including phenoxy) is 3. The molecule has 1 heterocycles. The third-order valence-corrected chi connectivity index (χ3v) is 5.89. The standard InChI is InChI=1S/C17H21NO7S/c1-16(2,3)25-15(20)18-17(8-19)13(14(17)26(4,21)22)10-5-6-11-12(7-10)24-9-23-11/h5-8,13-14H,9H2,1-4H3,(H,18,20)/t13-,14+,17-/m1/s1. The predicted octanol–water partition coefficient (Wildman–Crippen LogP) is 1.39. The van der Waals surface area contributed by atoms with Crippen LogP contribution in [0.2, 0.25) is 0 Å². The van der Waals surface area contributed by atoms with Crippen LogP contribution in [0.15, 0.2) is 18.2 Å². The lowest BCUT2D eigenvalue weighted by Gasteiger charge is -2.22. The third-order valence-electron chi connectivity index (χ3n) is 4.31. The van der Waals surface area contributed by atoms with Crippen LogP contribution in [0.25, 0.3) is 0 Å². The van der Waals surface area contributed by atoms with Crippen molar-refractivity contribution in [2.24, 2.45) is 0 Å². The molecule has 1 saturated carbocycles. The van der Waals surface area contributed by atoms with Gasteiger partial charge in [-0.1, -0.05) is 6.07 Å². The van der Waals surface area contributed by atoms with Gasteiger partial charge in [0.2, 0.25) is 6.79 Å². The largest absolute Gasteiger partial charge is 0.454 e. The Balaban J connectivity index is 1.94. The fourth-order valence-corrected chi connectivity index (χ4v) is 5.10. The first-order valence-electron chi connectivity index (χ1n) is 8.04. The zero-order chi connectivity index (χ0) is 19.3. The molecule has 1 aromatic carbocycles. The Bertz CT molecular complexity index is 858. The van der Waals surface area contributed by atoms with Crippen molar-refractivity contribution in [3.05, 3.63) is 23.8 Å². The van der Waals surface area contributed by atoms with Crippen molar-refractivity contribution < 1.29 is 32.2 Å². The monoisotopic (exact) mass is 383 g/mol. The summed E-state index contributed by atoms with van der Waals surface area (Å²) in [4.78, 5) is 24.1. The molecule has 0 unspecified atom stereocenters. The molecule has 0 saturated heterocycles. The van der Waals surface area contributed by atoms with Crippen LogP contribution in [0.5, 0.6) is 11.5 Å². The lowest BCUT2D eigenvalue weighted by Crippen LogP contribution is -2.45. The van der Waals surface area contributed by atoms with Gasteiger partial charge in [-0.15, -0.1) is 0 Å². The second-order valence-corrected chi connectivity index (χ2v) is 9.69. The number of amides is 1. The smallest absolute Gasteiger partial charge is 0.408 e. The van der Waals surface area contributed by atoms with Gasteiger partial charge in [0.05, 0.1) is 0 Å². The van der Waals surface area contributed by atoms with Gasteiger partial charge in [0.25, 0.3) is 0 Å². The minimum atomic E-state index is -3.62. The van der Waals surface area contributed by atoms with Gasteiger partial charge in [-0.2, -0.15) is 0 Å². The molecule has 0 radical (unpaired) electrons. The number of aldehydes is 1. The van der Waals surface area contributed by atoms with Gasteiger partial charge in [0, 0.05) is 12.2 Å². The number of rotatable bonds is 4. The average molecular weight is 383 g/mol. The number of carbonyl (C=O) groups excluding carboxylic acids is 2. The molecule has 0 bridgehead atoms. The zero-order valence-corrected chi connectivity index (χ0v) is 15.8. The van der Waals surface area contributed by atoms with E-state index in [0.29, 0.717) is 23.3 Å². The van der Waals surface area contributed by atoms with Gasteiger partial charge in [-0.05, 0) is 38.5 Å². The van der Waals surface area contributed by atoms with Crippen LogP contribution in [0.3, 0.4) is 0 Å². The predicted molar refractivity (Wildman–Crippen MR) is 92.1 cm³/mol. The lowest BCUT2D eigenvalue weighted by atomic mass is 10.1. The van der Waals surface area contributed by atoms with Crippen molar-refractivity contribution in [1.29, 1.82) is 0 Å². The Morgan fingerprint density at radius 2 is 1.96 bits per heavy atom. The van der Waals surface area contributed by atoms with E-state index in [4.69, 9.17) is 14.2 Å². The van der Waals surface area contributed by atoms with Crippen molar-refractivity contribution in [2.75, 3.05) is 13.0 Å². The summed E-state index contributed by atoms with van der Waals surface area (Å²) < 4.78 is 40.2. The van der Waals surface area contributed by atoms with Crippen LogP contribution >= 0.6 is 0 Å². The number of nitrogens with one attached hydrogen (secondary N) is 1. The zero-order valence-electron chi connectivity index (χ0n) is 14.9. The highest BCUT2D eigenvalue weighted by Crippen LogP contribution is 2.55. The fourth-order valence-electron chi connectivity index (χ4n) is 3.33. The number of fused-ring (bicyclic) bond motifs is 1. The van der Waals surface area contributed by atoms with Gasteiger partial charge >= 0.3 is 6.09 Å². The second-order valence-electron chi connectivity index (χ2n) is 7.52. The van der Waals surface area contributed by atoms with E-state index >= 15 is 0 Å². The van der Waals surface area contributed by atoms with Gasteiger partial charge < -0.3 is 24.3 Å². The summed E-state index contributed by atoms with van der Waals surface area (Å²) in [5.41, 5.74) is -1.80. The summed E-state index contributed by atoms with van der Waals surface area (Å²) in [5, 5.41) is 1.38. The van der Waals surface area contributed by atoms with Crippen LogP contribution in [0.1, 0.15) is 32.3 Å². The molecule has 1 amide bonds. The van der Waals surface area contributed by atoms with Crippen molar-refractivity contribution in [2.45, 2.75) is 43.1 Å². The number of carbonyl (C=O) groups is 2. The molecule has 1 fully saturated rings. The SMILES string of the molecule is CC(C)(C)OC(=O)N[C@]1(C=O)[C@H](c2ccc3c(c2)OCO3)[C@@H]1S(C)(=O)=O. The van der Waals surface area contributed by atoms with Crippen LogP contribution in [-0.4, -0.2) is 50.2 Å². The highest BCUT2D eigenvalue weighted by atomic mass is 32.2. The summed E-state index contributed by atoms with van der Waals surface area (Å²) in [7, 11) is -3.62.